The highest BCUT2D eigenvalue weighted by Crippen LogP contribution is 2.31. The topological polar surface area (TPSA) is 69.9 Å². The fraction of sp³-hybridized carbons (Fsp3) is 0.345. The van der Waals surface area contributed by atoms with Crippen LogP contribution in [0.15, 0.2) is 69.6 Å². The largest absolute Gasteiger partial charge is 0.494 e. The molecule has 0 fully saturated rings. The second-order valence-corrected chi connectivity index (χ2v) is 10.1. The van der Waals surface area contributed by atoms with Gasteiger partial charge in [0.25, 0.3) is 5.56 Å². The van der Waals surface area contributed by atoms with Crippen LogP contribution < -0.4 is 19.6 Å². The van der Waals surface area contributed by atoms with E-state index in [0.29, 0.717) is 33.1 Å². The van der Waals surface area contributed by atoms with Crippen molar-refractivity contribution in [3.63, 3.8) is 0 Å². The molecule has 188 valence electrons. The Morgan fingerprint density at radius 3 is 2.42 bits per heavy atom. The molecule has 0 spiro atoms. The molecule has 1 aromatic heterocycles. The highest BCUT2D eigenvalue weighted by atomic mass is 32.1. The Labute approximate surface area is 215 Å². The lowest BCUT2D eigenvalue weighted by atomic mass is 9.93. The Bertz CT molecular complexity index is 1440. The average molecular weight is 505 g/mol. The highest BCUT2D eigenvalue weighted by Gasteiger charge is 2.33. The summed E-state index contributed by atoms with van der Waals surface area (Å²) < 4.78 is 13.2. The molecule has 2 heterocycles. The van der Waals surface area contributed by atoms with Crippen LogP contribution in [0.1, 0.15) is 69.7 Å². The van der Waals surface area contributed by atoms with Crippen LogP contribution >= 0.6 is 11.3 Å². The molecule has 1 aliphatic heterocycles. The minimum Gasteiger partial charge on any atom is -0.494 e. The van der Waals surface area contributed by atoms with Gasteiger partial charge in [-0.1, -0.05) is 68.5 Å². The van der Waals surface area contributed by atoms with Crippen molar-refractivity contribution in [1.29, 1.82) is 0 Å². The number of thiazole rings is 1. The van der Waals surface area contributed by atoms with Gasteiger partial charge in [0.15, 0.2) is 4.80 Å². The van der Waals surface area contributed by atoms with Crippen molar-refractivity contribution in [1.82, 2.24) is 4.57 Å². The van der Waals surface area contributed by atoms with Gasteiger partial charge in [-0.2, -0.15) is 0 Å². The number of hydrogen-bond acceptors (Lipinski definition) is 6. The van der Waals surface area contributed by atoms with Gasteiger partial charge in [0.05, 0.1) is 35.1 Å². The van der Waals surface area contributed by atoms with Crippen LogP contribution in [-0.2, 0) is 9.53 Å². The van der Waals surface area contributed by atoms with Crippen molar-refractivity contribution in [2.24, 2.45) is 4.99 Å². The molecule has 0 aliphatic carbocycles. The maximum absolute atomic E-state index is 13.7. The van der Waals surface area contributed by atoms with Crippen molar-refractivity contribution < 1.29 is 14.3 Å². The van der Waals surface area contributed by atoms with E-state index in [1.54, 1.807) is 18.4 Å². The Balaban J connectivity index is 1.83. The number of fused-ring (bicyclic) bond motifs is 1. The van der Waals surface area contributed by atoms with Crippen LogP contribution in [0.2, 0.25) is 0 Å². The lowest BCUT2D eigenvalue weighted by molar-refractivity contribution is -0.139. The van der Waals surface area contributed by atoms with Crippen LogP contribution in [0.4, 0.5) is 0 Å². The molecule has 6 nitrogen and oxygen atoms in total. The summed E-state index contributed by atoms with van der Waals surface area (Å²) in [4.78, 5) is 31.9. The summed E-state index contributed by atoms with van der Waals surface area (Å²) >= 11 is 1.32. The first-order valence-corrected chi connectivity index (χ1v) is 13.2. The normalized spacial score (nSPS) is 15.6. The molecular formula is C29H32N2O4S. The van der Waals surface area contributed by atoms with Crippen molar-refractivity contribution >= 4 is 23.4 Å². The van der Waals surface area contributed by atoms with E-state index in [0.717, 1.165) is 23.3 Å². The van der Waals surface area contributed by atoms with Gasteiger partial charge >= 0.3 is 5.97 Å². The second-order valence-electron chi connectivity index (χ2n) is 9.04. The number of esters is 1. The molecule has 0 saturated heterocycles. The number of nitrogens with zero attached hydrogens (tertiary/aromatic N) is 2. The minimum absolute atomic E-state index is 0.183. The number of ether oxygens (including phenoxy) is 2. The fourth-order valence-corrected chi connectivity index (χ4v) is 5.25. The Morgan fingerprint density at radius 1 is 1.11 bits per heavy atom. The van der Waals surface area contributed by atoms with Crippen LogP contribution in [0.5, 0.6) is 5.75 Å². The molecule has 0 N–H and O–H groups in total. The van der Waals surface area contributed by atoms with Crippen molar-refractivity contribution in [2.45, 2.75) is 53.0 Å². The SMILES string of the molecule is CCCOc1ccc(/C=c2\sc3n(c2=O)[C@@H](c2ccc(C(C)C)cc2)C(C(=O)OCC)=C(C)N=3)cc1. The number of aromatic nitrogens is 1. The third-order valence-corrected chi connectivity index (χ3v) is 7.07. The zero-order valence-corrected chi connectivity index (χ0v) is 22.2. The summed E-state index contributed by atoms with van der Waals surface area (Å²) in [5.41, 5.74) is 3.71. The smallest absolute Gasteiger partial charge is 0.338 e. The number of carbonyl (C=O) groups is 1. The highest BCUT2D eigenvalue weighted by molar-refractivity contribution is 7.07. The molecule has 2 aromatic carbocycles. The van der Waals surface area contributed by atoms with Gasteiger partial charge in [0.2, 0.25) is 0 Å². The lowest BCUT2D eigenvalue weighted by Crippen LogP contribution is -2.39. The van der Waals surface area contributed by atoms with E-state index in [9.17, 15) is 9.59 Å². The summed E-state index contributed by atoms with van der Waals surface area (Å²) in [6, 6.07) is 15.1. The van der Waals surface area contributed by atoms with Crippen LogP contribution in [-0.4, -0.2) is 23.8 Å². The van der Waals surface area contributed by atoms with E-state index in [-0.39, 0.29) is 12.2 Å². The molecule has 3 aromatic rings. The Hall–Kier alpha value is -3.45. The third kappa shape index (κ3) is 5.21. The summed E-state index contributed by atoms with van der Waals surface area (Å²) in [6.45, 7) is 10.8. The Morgan fingerprint density at radius 2 is 1.81 bits per heavy atom. The molecule has 36 heavy (non-hydrogen) atoms. The number of allylic oxidation sites excluding steroid dienone is 1. The zero-order chi connectivity index (χ0) is 25.8. The van der Waals surface area contributed by atoms with Crippen molar-refractivity contribution in [3.05, 3.63) is 96.2 Å². The first-order valence-electron chi connectivity index (χ1n) is 12.4. The fourth-order valence-electron chi connectivity index (χ4n) is 4.20. The second kappa shape index (κ2) is 11.1. The van der Waals surface area contributed by atoms with Gasteiger partial charge in [-0.3, -0.25) is 9.36 Å². The number of benzene rings is 2. The molecule has 4 rings (SSSR count). The van der Waals surface area contributed by atoms with E-state index in [4.69, 9.17) is 9.47 Å². The van der Waals surface area contributed by atoms with Gasteiger partial charge in [0.1, 0.15) is 5.75 Å². The van der Waals surface area contributed by atoms with E-state index in [2.05, 4.69) is 37.9 Å². The maximum Gasteiger partial charge on any atom is 0.338 e. The molecule has 0 saturated carbocycles. The van der Waals surface area contributed by atoms with Crippen molar-refractivity contribution in [3.8, 4) is 5.75 Å². The average Bonchev–Trinajstić information content (AvgIpc) is 3.17. The summed E-state index contributed by atoms with van der Waals surface area (Å²) in [5, 5.41) is 0. The van der Waals surface area contributed by atoms with E-state index in [1.165, 1.54) is 16.9 Å². The molecule has 0 bridgehead atoms. The quantitative estimate of drug-likeness (QED) is 0.417. The summed E-state index contributed by atoms with van der Waals surface area (Å²) in [7, 11) is 0. The standard InChI is InChI=1S/C29H32N2O4S/c1-6-16-35-23-14-8-20(9-15-23)17-24-27(32)31-26(22-12-10-21(11-13-22)18(3)4)25(28(33)34-7-2)19(5)30-29(31)36-24/h8-15,17-18,26H,6-7,16H2,1-5H3/b24-17-/t26-/m0/s1. The minimum atomic E-state index is -0.603. The molecule has 1 aliphatic rings. The molecule has 1 atom stereocenters. The molecule has 0 unspecified atom stereocenters. The third-order valence-electron chi connectivity index (χ3n) is 6.09. The van der Waals surface area contributed by atoms with Gasteiger partial charge in [-0.25, -0.2) is 9.79 Å². The molecule has 0 radical (unpaired) electrons. The lowest BCUT2D eigenvalue weighted by Gasteiger charge is -2.25. The first kappa shape index (κ1) is 25.6. The summed E-state index contributed by atoms with van der Waals surface area (Å²) in [5.74, 6) is 0.727. The zero-order valence-electron chi connectivity index (χ0n) is 21.4. The predicted molar refractivity (Wildman–Crippen MR) is 143 cm³/mol. The molecular weight excluding hydrogens is 472 g/mol. The van der Waals surface area contributed by atoms with Crippen LogP contribution in [0, 0.1) is 0 Å². The van der Waals surface area contributed by atoms with Crippen molar-refractivity contribution in [2.75, 3.05) is 13.2 Å². The van der Waals surface area contributed by atoms with Gasteiger partial charge in [-0.15, -0.1) is 0 Å². The van der Waals surface area contributed by atoms with E-state index < -0.39 is 12.0 Å². The van der Waals surface area contributed by atoms with Crippen LogP contribution in [0.3, 0.4) is 0 Å². The van der Waals surface area contributed by atoms with Crippen LogP contribution in [0.25, 0.3) is 6.08 Å². The van der Waals surface area contributed by atoms with Gasteiger partial charge < -0.3 is 9.47 Å². The monoisotopic (exact) mass is 504 g/mol. The van der Waals surface area contributed by atoms with Gasteiger partial charge in [-0.05, 0) is 61.1 Å². The Kier molecular flexibility index (Phi) is 7.89. The maximum atomic E-state index is 13.7. The number of carbonyl (C=O) groups excluding carboxylic acids is 1. The van der Waals surface area contributed by atoms with E-state index in [1.807, 2.05) is 42.5 Å². The first-order chi connectivity index (χ1) is 17.3. The molecule has 7 heteroatoms. The summed E-state index contributed by atoms with van der Waals surface area (Å²) in [6.07, 6.45) is 2.80. The number of rotatable bonds is 8. The molecule has 0 amide bonds. The predicted octanol–water partition coefficient (Wildman–Crippen LogP) is 4.71. The number of hydrogen-bond donors (Lipinski definition) is 0. The van der Waals surface area contributed by atoms with Gasteiger partial charge in [0, 0.05) is 0 Å². The van der Waals surface area contributed by atoms with E-state index >= 15 is 0 Å².